The average Bonchev–Trinajstić information content (AvgIpc) is 3.72. The summed E-state index contributed by atoms with van der Waals surface area (Å²) in [5.74, 6) is 0.702. The molecule has 0 aliphatic rings. The highest BCUT2D eigenvalue weighted by Crippen LogP contribution is 2.41. The average molecular weight is 826 g/mol. The summed E-state index contributed by atoms with van der Waals surface area (Å²) < 4.78 is 2.35. The van der Waals surface area contributed by atoms with E-state index in [2.05, 4.69) is 223 Å². The SMILES string of the molecule is c1ccc(-c2nc(-c3ccc(-c4ccc5cc(-c6c7ccccc7cc7c6ccc6ccccc67)ccc5c4)cc3)cc(-c3ccc4c(c3)c3ccccc3n4-c3ccccc3)n2)cc1. The van der Waals surface area contributed by atoms with Crippen molar-refractivity contribution >= 4 is 64.9 Å². The molecule has 302 valence electrons. The van der Waals surface area contributed by atoms with Gasteiger partial charge in [-0.05, 0) is 120 Å². The molecule has 3 nitrogen and oxygen atoms in total. The van der Waals surface area contributed by atoms with Crippen molar-refractivity contribution in [3.8, 4) is 61.8 Å². The number of rotatable bonds is 6. The molecule has 3 heteroatoms. The summed E-state index contributed by atoms with van der Waals surface area (Å²) in [6.45, 7) is 0. The molecule has 0 aliphatic heterocycles. The summed E-state index contributed by atoms with van der Waals surface area (Å²) in [4.78, 5) is 10.4. The lowest BCUT2D eigenvalue weighted by atomic mass is 9.89. The lowest BCUT2D eigenvalue weighted by molar-refractivity contribution is 1.18. The highest BCUT2D eigenvalue weighted by atomic mass is 15.0. The maximum absolute atomic E-state index is 5.19. The minimum Gasteiger partial charge on any atom is -0.309 e. The Morgan fingerprint density at radius 3 is 1.63 bits per heavy atom. The highest BCUT2D eigenvalue weighted by molar-refractivity contribution is 6.20. The Hall–Kier alpha value is -8.66. The fourth-order valence-corrected chi connectivity index (χ4v) is 9.99. The van der Waals surface area contributed by atoms with Crippen molar-refractivity contribution in [2.45, 2.75) is 0 Å². The van der Waals surface area contributed by atoms with Gasteiger partial charge in [-0.2, -0.15) is 0 Å². The summed E-state index contributed by atoms with van der Waals surface area (Å²) in [5, 5.41) is 12.5. The van der Waals surface area contributed by atoms with Crippen LogP contribution in [0.5, 0.6) is 0 Å². The lowest BCUT2D eigenvalue weighted by Gasteiger charge is -2.15. The van der Waals surface area contributed by atoms with Gasteiger partial charge in [0, 0.05) is 33.2 Å². The molecule has 2 heterocycles. The van der Waals surface area contributed by atoms with Crippen LogP contribution >= 0.6 is 0 Å². The fraction of sp³-hybridized carbons (Fsp3) is 0. The summed E-state index contributed by atoms with van der Waals surface area (Å²) in [7, 11) is 0. The standard InChI is InChI=1S/C62H39N3/c1-3-14-43(15-4-1)62-63-57(39-58(64-62)48-32-34-60-56(38-48)53-21-11-12-22-59(53)65(60)50-17-5-2-6-18-50)42-25-23-40(24-26-42)44-27-28-46-36-49(30-29-45(46)35-44)61-52-20-10-8-16-47(52)37-55-51-19-9-7-13-41(51)31-33-54(55)61/h1-39H. The van der Waals surface area contributed by atoms with E-state index in [0.29, 0.717) is 5.82 Å². The lowest BCUT2D eigenvalue weighted by Crippen LogP contribution is -1.96. The van der Waals surface area contributed by atoms with Crippen molar-refractivity contribution in [3.05, 3.63) is 237 Å². The first-order valence-corrected chi connectivity index (χ1v) is 22.2. The van der Waals surface area contributed by atoms with Gasteiger partial charge in [-0.1, -0.05) is 182 Å². The van der Waals surface area contributed by atoms with Gasteiger partial charge in [-0.25, -0.2) is 9.97 Å². The van der Waals surface area contributed by atoms with Crippen molar-refractivity contribution in [2.24, 2.45) is 0 Å². The molecular formula is C62H39N3. The molecular weight excluding hydrogens is 787 g/mol. The third-order valence-corrected chi connectivity index (χ3v) is 13.2. The monoisotopic (exact) mass is 825 g/mol. The van der Waals surface area contributed by atoms with Crippen LogP contribution in [0.4, 0.5) is 0 Å². The minimum absolute atomic E-state index is 0.702. The van der Waals surface area contributed by atoms with Crippen molar-refractivity contribution in [2.75, 3.05) is 0 Å². The molecule has 0 unspecified atom stereocenters. The van der Waals surface area contributed by atoms with E-state index in [-0.39, 0.29) is 0 Å². The summed E-state index contributed by atoms with van der Waals surface area (Å²) in [6.07, 6.45) is 0. The third kappa shape index (κ3) is 6.28. The number of aromatic nitrogens is 3. The largest absolute Gasteiger partial charge is 0.309 e. The van der Waals surface area contributed by atoms with E-state index in [1.54, 1.807) is 0 Å². The smallest absolute Gasteiger partial charge is 0.160 e. The summed E-state index contributed by atoms with van der Waals surface area (Å²) >= 11 is 0. The number of para-hydroxylation sites is 2. The molecule has 65 heavy (non-hydrogen) atoms. The zero-order chi connectivity index (χ0) is 42.8. The van der Waals surface area contributed by atoms with E-state index in [9.17, 15) is 0 Å². The second kappa shape index (κ2) is 15.0. The van der Waals surface area contributed by atoms with Crippen LogP contribution in [-0.4, -0.2) is 14.5 Å². The van der Waals surface area contributed by atoms with Crippen LogP contribution in [0.2, 0.25) is 0 Å². The molecule has 11 aromatic carbocycles. The number of fused-ring (bicyclic) bond motifs is 8. The van der Waals surface area contributed by atoms with Gasteiger partial charge in [0.2, 0.25) is 0 Å². The molecule has 0 N–H and O–H groups in total. The molecule has 0 aliphatic carbocycles. The van der Waals surface area contributed by atoms with E-state index in [0.717, 1.165) is 44.8 Å². The number of benzene rings is 11. The molecule has 0 fully saturated rings. The van der Waals surface area contributed by atoms with Gasteiger partial charge in [0.15, 0.2) is 5.82 Å². The Morgan fingerprint density at radius 1 is 0.262 bits per heavy atom. The molecule has 0 spiro atoms. The maximum atomic E-state index is 5.19. The van der Waals surface area contributed by atoms with Crippen molar-refractivity contribution in [1.82, 2.24) is 14.5 Å². The highest BCUT2D eigenvalue weighted by Gasteiger charge is 2.17. The van der Waals surface area contributed by atoms with Crippen LogP contribution in [0, 0.1) is 0 Å². The quantitative estimate of drug-likeness (QED) is 0.123. The van der Waals surface area contributed by atoms with E-state index in [4.69, 9.17) is 9.97 Å². The zero-order valence-corrected chi connectivity index (χ0v) is 35.4. The molecule has 13 rings (SSSR count). The van der Waals surface area contributed by atoms with Crippen LogP contribution in [0.3, 0.4) is 0 Å². The predicted molar refractivity (Wildman–Crippen MR) is 274 cm³/mol. The van der Waals surface area contributed by atoms with Crippen molar-refractivity contribution in [3.63, 3.8) is 0 Å². The van der Waals surface area contributed by atoms with E-state index in [1.807, 2.05) is 18.2 Å². The van der Waals surface area contributed by atoms with Crippen LogP contribution in [0.15, 0.2) is 237 Å². The number of hydrogen-bond acceptors (Lipinski definition) is 2. The first kappa shape index (κ1) is 36.9. The Bertz CT molecular complexity index is 3980. The number of hydrogen-bond donors (Lipinski definition) is 0. The van der Waals surface area contributed by atoms with E-state index >= 15 is 0 Å². The molecule has 0 amide bonds. The van der Waals surface area contributed by atoms with Gasteiger partial charge < -0.3 is 4.57 Å². The van der Waals surface area contributed by atoms with Crippen LogP contribution in [0.25, 0.3) is 127 Å². The predicted octanol–water partition coefficient (Wildman–Crippen LogP) is 16.5. The second-order valence-electron chi connectivity index (χ2n) is 17.0. The fourth-order valence-electron chi connectivity index (χ4n) is 9.99. The van der Waals surface area contributed by atoms with Gasteiger partial charge in [0.1, 0.15) is 0 Å². The molecule has 0 atom stereocenters. The maximum Gasteiger partial charge on any atom is 0.160 e. The van der Waals surface area contributed by atoms with Crippen molar-refractivity contribution in [1.29, 1.82) is 0 Å². The molecule has 0 bridgehead atoms. The van der Waals surface area contributed by atoms with E-state index in [1.165, 1.54) is 76.1 Å². The van der Waals surface area contributed by atoms with Gasteiger partial charge in [0.25, 0.3) is 0 Å². The van der Waals surface area contributed by atoms with Gasteiger partial charge >= 0.3 is 0 Å². The molecule has 2 aromatic heterocycles. The first-order valence-electron chi connectivity index (χ1n) is 22.2. The van der Waals surface area contributed by atoms with Crippen molar-refractivity contribution < 1.29 is 0 Å². The minimum atomic E-state index is 0.702. The van der Waals surface area contributed by atoms with Gasteiger partial charge in [-0.15, -0.1) is 0 Å². The topological polar surface area (TPSA) is 30.7 Å². The molecule has 0 saturated carbocycles. The zero-order valence-electron chi connectivity index (χ0n) is 35.4. The number of nitrogens with zero attached hydrogens (tertiary/aromatic N) is 3. The molecule has 0 radical (unpaired) electrons. The third-order valence-electron chi connectivity index (χ3n) is 13.2. The van der Waals surface area contributed by atoms with Crippen LogP contribution in [0.1, 0.15) is 0 Å². The Kier molecular flexibility index (Phi) is 8.53. The summed E-state index contributed by atoms with van der Waals surface area (Å²) in [5.41, 5.74) is 13.2. The van der Waals surface area contributed by atoms with E-state index < -0.39 is 0 Å². The summed E-state index contributed by atoms with van der Waals surface area (Å²) in [6, 6.07) is 85.3. The van der Waals surface area contributed by atoms with Gasteiger partial charge in [-0.3, -0.25) is 0 Å². The Morgan fingerprint density at radius 2 is 0.831 bits per heavy atom. The second-order valence-corrected chi connectivity index (χ2v) is 17.0. The van der Waals surface area contributed by atoms with Crippen LogP contribution in [-0.2, 0) is 0 Å². The normalized spacial score (nSPS) is 11.7. The molecule has 0 saturated heterocycles. The van der Waals surface area contributed by atoms with Gasteiger partial charge in [0.05, 0.1) is 22.4 Å². The Labute approximate surface area is 376 Å². The Balaban J connectivity index is 0.869. The molecule has 13 aromatic rings. The first-order chi connectivity index (χ1) is 32.2. The van der Waals surface area contributed by atoms with Crippen LogP contribution < -0.4 is 0 Å².